The molecule has 0 aliphatic carbocycles. The number of halogens is 1. The zero-order valence-electron chi connectivity index (χ0n) is 16.7. The molecule has 2 aromatic rings. The lowest BCUT2D eigenvalue weighted by Crippen LogP contribution is -2.48. The van der Waals surface area contributed by atoms with Gasteiger partial charge in [-0.15, -0.1) is 12.4 Å². The Morgan fingerprint density at radius 3 is 2.34 bits per heavy atom. The summed E-state index contributed by atoms with van der Waals surface area (Å²) in [5, 5.41) is 2.59. The van der Waals surface area contributed by atoms with E-state index in [0.29, 0.717) is 18.7 Å². The smallest absolute Gasteiger partial charge is 0.410 e. The molecule has 2 aromatic carbocycles. The molecule has 7 heteroatoms. The van der Waals surface area contributed by atoms with Gasteiger partial charge in [-0.3, -0.25) is 9.69 Å². The number of carbonyl (C=O) groups excluding carboxylic acids is 2. The zero-order valence-corrected chi connectivity index (χ0v) is 17.5. The van der Waals surface area contributed by atoms with E-state index in [-0.39, 0.29) is 18.3 Å². The van der Waals surface area contributed by atoms with E-state index < -0.39 is 6.09 Å². The maximum atomic E-state index is 12.7. The van der Waals surface area contributed by atoms with Crippen LogP contribution >= 0.6 is 12.4 Å². The summed E-state index contributed by atoms with van der Waals surface area (Å²) in [5.41, 5.74) is 2.14. The van der Waals surface area contributed by atoms with Crippen molar-refractivity contribution in [2.45, 2.75) is 19.9 Å². The van der Waals surface area contributed by atoms with Gasteiger partial charge in [0.25, 0.3) is 0 Å². The first kappa shape index (κ1) is 22.7. The molecule has 1 fully saturated rings. The lowest BCUT2D eigenvalue weighted by molar-refractivity contribution is -0.132. The molecule has 0 unspecified atom stereocenters. The molecule has 2 amide bonds. The number of hydrogen-bond acceptors (Lipinski definition) is 4. The molecule has 0 saturated carbocycles. The summed E-state index contributed by atoms with van der Waals surface area (Å²) in [4.78, 5) is 28.5. The first-order valence-corrected chi connectivity index (χ1v) is 9.72. The molecule has 1 aliphatic rings. The number of hydrogen-bond donors (Lipinski definition) is 1. The van der Waals surface area contributed by atoms with Crippen molar-refractivity contribution in [3.05, 3.63) is 65.7 Å². The van der Waals surface area contributed by atoms with E-state index in [1.54, 1.807) is 18.2 Å². The van der Waals surface area contributed by atoms with Gasteiger partial charge in [0.2, 0.25) is 5.91 Å². The lowest BCUT2D eigenvalue weighted by Gasteiger charge is -2.34. The topological polar surface area (TPSA) is 61.9 Å². The maximum absolute atomic E-state index is 12.7. The second-order valence-corrected chi connectivity index (χ2v) is 6.89. The quantitative estimate of drug-likeness (QED) is 0.784. The van der Waals surface area contributed by atoms with E-state index in [1.165, 1.54) is 5.56 Å². The van der Waals surface area contributed by atoms with Crippen LogP contribution < -0.4 is 10.1 Å². The molecule has 29 heavy (non-hydrogen) atoms. The number of carbonyl (C=O) groups is 2. The number of nitrogens with zero attached hydrogens (tertiary/aromatic N) is 2. The average Bonchev–Trinajstić information content (AvgIpc) is 2.70. The van der Waals surface area contributed by atoms with Gasteiger partial charge in [-0.1, -0.05) is 42.5 Å². The minimum absolute atomic E-state index is 0. The second kappa shape index (κ2) is 11.4. The largest absolute Gasteiger partial charge is 0.412 e. The van der Waals surface area contributed by atoms with Crippen molar-refractivity contribution >= 4 is 24.4 Å². The standard InChI is InChI=1S/C22H27N3O3.ClH/c1-2-23-22(27)28-20-10-6-9-19(15-20)16-21(26)25-13-11-24(12-14-25)17-18-7-4-3-5-8-18;/h3-10,15H,2,11-14,16-17H2,1H3,(H,23,27);1H. The number of nitrogens with one attached hydrogen (secondary N) is 1. The summed E-state index contributed by atoms with van der Waals surface area (Å²) in [6.45, 7) is 6.48. The molecular formula is C22H28ClN3O3. The number of benzene rings is 2. The van der Waals surface area contributed by atoms with Crippen LogP contribution in [0.4, 0.5) is 4.79 Å². The SMILES string of the molecule is CCNC(=O)Oc1cccc(CC(=O)N2CCN(Cc3ccccc3)CC2)c1.Cl. The van der Waals surface area contributed by atoms with Gasteiger partial charge in [-0.05, 0) is 30.2 Å². The van der Waals surface area contributed by atoms with E-state index >= 15 is 0 Å². The Kier molecular flexibility index (Phi) is 8.96. The van der Waals surface area contributed by atoms with Crippen molar-refractivity contribution in [1.29, 1.82) is 0 Å². The van der Waals surface area contributed by atoms with Crippen molar-refractivity contribution in [1.82, 2.24) is 15.1 Å². The summed E-state index contributed by atoms with van der Waals surface area (Å²) >= 11 is 0. The summed E-state index contributed by atoms with van der Waals surface area (Å²) in [6, 6.07) is 17.5. The van der Waals surface area contributed by atoms with E-state index in [1.807, 2.05) is 24.0 Å². The molecule has 0 bridgehead atoms. The number of rotatable bonds is 6. The second-order valence-electron chi connectivity index (χ2n) is 6.89. The Bertz CT molecular complexity index is 793. The van der Waals surface area contributed by atoms with Gasteiger partial charge in [0, 0.05) is 39.3 Å². The molecule has 0 aromatic heterocycles. The lowest BCUT2D eigenvalue weighted by atomic mass is 10.1. The van der Waals surface area contributed by atoms with Gasteiger partial charge in [-0.25, -0.2) is 4.79 Å². The Hall–Kier alpha value is -2.57. The van der Waals surface area contributed by atoms with Crippen molar-refractivity contribution in [2.24, 2.45) is 0 Å². The van der Waals surface area contributed by atoms with Crippen LogP contribution in [0.5, 0.6) is 5.75 Å². The molecule has 0 spiro atoms. The third-order valence-electron chi connectivity index (χ3n) is 4.76. The van der Waals surface area contributed by atoms with Gasteiger partial charge in [0.15, 0.2) is 0 Å². The normalized spacial score (nSPS) is 14.0. The number of amides is 2. The molecule has 3 rings (SSSR count). The van der Waals surface area contributed by atoms with Crippen LogP contribution in [0.3, 0.4) is 0 Å². The Morgan fingerprint density at radius 1 is 0.966 bits per heavy atom. The van der Waals surface area contributed by atoms with Crippen molar-refractivity contribution in [2.75, 3.05) is 32.7 Å². The summed E-state index contributed by atoms with van der Waals surface area (Å²) in [7, 11) is 0. The van der Waals surface area contributed by atoms with Gasteiger partial charge in [-0.2, -0.15) is 0 Å². The van der Waals surface area contributed by atoms with Crippen LogP contribution in [0.15, 0.2) is 54.6 Å². The fourth-order valence-electron chi connectivity index (χ4n) is 3.29. The monoisotopic (exact) mass is 417 g/mol. The van der Waals surface area contributed by atoms with Crippen LogP contribution in [-0.4, -0.2) is 54.5 Å². The molecule has 0 radical (unpaired) electrons. The average molecular weight is 418 g/mol. The highest BCUT2D eigenvalue weighted by atomic mass is 35.5. The molecule has 0 atom stereocenters. The Labute approximate surface area is 178 Å². The van der Waals surface area contributed by atoms with Gasteiger partial charge < -0.3 is 15.0 Å². The van der Waals surface area contributed by atoms with E-state index in [9.17, 15) is 9.59 Å². The van der Waals surface area contributed by atoms with Crippen molar-refractivity contribution in [3.63, 3.8) is 0 Å². The van der Waals surface area contributed by atoms with Crippen LogP contribution in [0, 0.1) is 0 Å². The predicted octanol–water partition coefficient (Wildman–Crippen LogP) is 3.10. The highest BCUT2D eigenvalue weighted by molar-refractivity contribution is 5.85. The highest BCUT2D eigenvalue weighted by Gasteiger charge is 2.21. The Balaban J connectivity index is 0.00000300. The van der Waals surface area contributed by atoms with Crippen molar-refractivity contribution in [3.8, 4) is 5.75 Å². The third-order valence-corrected chi connectivity index (χ3v) is 4.76. The van der Waals surface area contributed by atoms with Crippen LogP contribution in [-0.2, 0) is 17.8 Å². The van der Waals surface area contributed by atoms with Crippen LogP contribution in [0.2, 0.25) is 0 Å². The summed E-state index contributed by atoms with van der Waals surface area (Å²) in [6.07, 6.45) is -0.175. The molecule has 1 N–H and O–H groups in total. The number of ether oxygens (including phenoxy) is 1. The van der Waals surface area contributed by atoms with Gasteiger partial charge >= 0.3 is 6.09 Å². The molecule has 1 heterocycles. The fraction of sp³-hybridized carbons (Fsp3) is 0.364. The first-order valence-electron chi connectivity index (χ1n) is 9.72. The van der Waals surface area contributed by atoms with Gasteiger partial charge in [0.1, 0.15) is 5.75 Å². The van der Waals surface area contributed by atoms with Gasteiger partial charge in [0.05, 0.1) is 6.42 Å². The minimum atomic E-state index is -0.486. The molecule has 1 aliphatic heterocycles. The zero-order chi connectivity index (χ0) is 19.8. The molecule has 156 valence electrons. The van der Waals surface area contributed by atoms with E-state index in [2.05, 4.69) is 34.5 Å². The third kappa shape index (κ3) is 7.07. The van der Waals surface area contributed by atoms with Crippen molar-refractivity contribution < 1.29 is 14.3 Å². The minimum Gasteiger partial charge on any atom is -0.410 e. The molecule has 6 nitrogen and oxygen atoms in total. The number of piperazine rings is 1. The van der Waals surface area contributed by atoms with E-state index in [0.717, 1.165) is 38.3 Å². The summed E-state index contributed by atoms with van der Waals surface area (Å²) in [5.74, 6) is 0.554. The van der Waals surface area contributed by atoms with Crippen LogP contribution in [0.25, 0.3) is 0 Å². The van der Waals surface area contributed by atoms with Crippen LogP contribution in [0.1, 0.15) is 18.1 Å². The maximum Gasteiger partial charge on any atom is 0.412 e. The first-order chi connectivity index (χ1) is 13.6. The highest BCUT2D eigenvalue weighted by Crippen LogP contribution is 2.16. The summed E-state index contributed by atoms with van der Waals surface area (Å²) < 4.78 is 5.21. The fourth-order valence-corrected chi connectivity index (χ4v) is 3.29. The molecule has 1 saturated heterocycles. The molecular weight excluding hydrogens is 390 g/mol. The Morgan fingerprint density at radius 2 is 1.66 bits per heavy atom. The van der Waals surface area contributed by atoms with E-state index in [4.69, 9.17) is 4.74 Å². The predicted molar refractivity (Wildman–Crippen MR) is 115 cm³/mol.